The molecule has 0 aliphatic carbocycles. The van der Waals surface area contributed by atoms with Gasteiger partial charge < -0.3 is 41.0 Å². The molecule has 2 fully saturated rings. The summed E-state index contributed by atoms with van der Waals surface area (Å²) in [4.78, 5) is 37.6. The highest BCUT2D eigenvalue weighted by Crippen LogP contribution is 2.35. The van der Waals surface area contributed by atoms with Crippen LogP contribution in [0.15, 0.2) is 104 Å². The van der Waals surface area contributed by atoms with E-state index in [1.165, 1.54) is 30.9 Å². The Morgan fingerprint density at radius 3 is 1.54 bits per heavy atom. The Bertz CT molecular complexity index is 2760. The zero-order chi connectivity index (χ0) is 41.5. The molecule has 61 heavy (non-hydrogen) atoms. The van der Waals surface area contributed by atoms with E-state index in [1.54, 1.807) is 24.5 Å². The topological polar surface area (TPSA) is 164 Å². The molecule has 2 aliphatic rings. The first kappa shape index (κ1) is 39.4. The zero-order valence-corrected chi connectivity index (χ0v) is 33.1. The van der Waals surface area contributed by atoms with Crippen LogP contribution in [0, 0.1) is 17.5 Å². The zero-order valence-electron chi connectivity index (χ0n) is 33.1. The number of anilines is 4. The van der Waals surface area contributed by atoms with Crippen LogP contribution >= 0.6 is 0 Å². The summed E-state index contributed by atoms with van der Waals surface area (Å²) in [6, 6.07) is 22.3. The summed E-state index contributed by atoms with van der Waals surface area (Å²) in [6.45, 7) is 8.52. The fraction of sp³-hybridized carbons (Fsp3) is 0.227. The van der Waals surface area contributed by atoms with Crippen molar-refractivity contribution < 1.29 is 13.2 Å². The van der Waals surface area contributed by atoms with Crippen molar-refractivity contribution in [3.63, 3.8) is 0 Å². The Balaban J connectivity index is 0.000000156. The summed E-state index contributed by atoms with van der Waals surface area (Å²) in [5, 5.41) is 14.8. The maximum Gasteiger partial charge on any atom is 0.143 e. The van der Waals surface area contributed by atoms with E-state index < -0.39 is 11.6 Å². The van der Waals surface area contributed by atoms with Gasteiger partial charge in [0.15, 0.2) is 0 Å². The van der Waals surface area contributed by atoms with Crippen LogP contribution in [0.25, 0.3) is 44.3 Å². The maximum absolute atomic E-state index is 14.4. The second-order valence-corrected chi connectivity index (χ2v) is 14.6. The molecular formula is C44H43F3N14. The molecule has 8 heterocycles. The first-order chi connectivity index (χ1) is 30.0. The average Bonchev–Trinajstić information content (AvgIpc) is 3.95. The van der Waals surface area contributed by atoms with Crippen molar-refractivity contribution in [1.29, 1.82) is 0 Å². The van der Waals surface area contributed by atoms with E-state index in [0.29, 0.717) is 52.5 Å². The molecule has 0 saturated carbocycles. The fourth-order valence-corrected chi connectivity index (χ4v) is 7.63. The van der Waals surface area contributed by atoms with Crippen molar-refractivity contribution in [3.8, 4) is 22.3 Å². The highest BCUT2D eigenvalue weighted by Gasteiger charge is 2.19. The van der Waals surface area contributed by atoms with Gasteiger partial charge >= 0.3 is 0 Å². The normalized spacial score (nSPS) is 14.2. The van der Waals surface area contributed by atoms with E-state index in [-0.39, 0.29) is 11.4 Å². The summed E-state index contributed by atoms with van der Waals surface area (Å²) < 4.78 is 42.2. The van der Waals surface area contributed by atoms with Crippen molar-refractivity contribution in [2.45, 2.75) is 13.1 Å². The predicted molar refractivity (Wildman–Crippen MR) is 232 cm³/mol. The molecule has 0 spiro atoms. The Morgan fingerprint density at radius 2 is 1.03 bits per heavy atom. The van der Waals surface area contributed by atoms with E-state index in [0.717, 1.165) is 92.4 Å². The number of pyridine rings is 2. The minimum Gasteiger partial charge on any atom is -0.364 e. The van der Waals surface area contributed by atoms with Gasteiger partial charge in [0.1, 0.15) is 64.7 Å². The third-order valence-corrected chi connectivity index (χ3v) is 10.7. The Morgan fingerprint density at radius 1 is 0.525 bits per heavy atom. The number of rotatable bonds is 10. The number of nitrogens with zero attached hydrogens (tertiary/aromatic N) is 8. The van der Waals surface area contributed by atoms with Gasteiger partial charge in [-0.1, -0.05) is 30.3 Å². The van der Waals surface area contributed by atoms with Gasteiger partial charge in [-0.3, -0.25) is 0 Å². The summed E-state index contributed by atoms with van der Waals surface area (Å²) in [5.41, 5.74) is 5.11. The number of H-pyrrole nitrogens is 2. The van der Waals surface area contributed by atoms with E-state index in [1.807, 2.05) is 42.5 Å². The lowest BCUT2D eigenvalue weighted by molar-refractivity contribution is 0.584. The van der Waals surface area contributed by atoms with Crippen LogP contribution in [0.4, 0.5) is 36.4 Å². The molecule has 14 nitrogen and oxygen atoms in total. The molecule has 2 saturated heterocycles. The number of aromatic nitrogens is 8. The van der Waals surface area contributed by atoms with Crippen LogP contribution in [0.3, 0.4) is 0 Å². The summed E-state index contributed by atoms with van der Waals surface area (Å²) in [7, 11) is 0. The number of fused-ring (bicyclic) bond motifs is 2. The molecule has 8 aromatic rings. The number of hydrogen-bond acceptors (Lipinski definition) is 12. The number of halogens is 3. The summed E-state index contributed by atoms with van der Waals surface area (Å²) in [5.74, 6) is 1.60. The van der Waals surface area contributed by atoms with Crippen molar-refractivity contribution in [3.05, 3.63) is 133 Å². The molecule has 310 valence electrons. The molecule has 0 radical (unpaired) electrons. The first-order valence-corrected chi connectivity index (χ1v) is 20.1. The third kappa shape index (κ3) is 8.78. The molecule has 10 rings (SSSR count). The van der Waals surface area contributed by atoms with Gasteiger partial charge in [0, 0.05) is 93.1 Å². The number of piperazine rings is 2. The van der Waals surface area contributed by atoms with E-state index >= 15 is 0 Å². The Hall–Kier alpha value is -7.11. The van der Waals surface area contributed by atoms with Crippen LogP contribution in [-0.4, -0.2) is 92.2 Å². The third-order valence-electron chi connectivity index (χ3n) is 10.7. The van der Waals surface area contributed by atoms with Crippen LogP contribution in [0.2, 0.25) is 0 Å². The molecule has 0 amide bonds. The van der Waals surface area contributed by atoms with Crippen molar-refractivity contribution in [2.75, 3.05) is 72.8 Å². The number of nitrogens with one attached hydrogen (secondary N) is 6. The van der Waals surface area contributed by atoms with Crippen molar-refractivity contribution in [2.24, 2.45) is 0 Å². The molecule has 6 aromatic heterocycles. The first-order valence-electron chi connectivity index (χ1n) is 20.1. The highest BCUT2D eigenvalue weighted by atomic mass is 19.1. The quantitative estimate of drug-likeness (QED) is 0.0890. The predicted octanol–water partition coefficient (Wildman–Crippen LogP) is 6.50. The number of aromatic amines is 2. The van der Waals surface area contributed by atoms with Gasteiger partial charge in [-0.25, -0.2) is 43.1 Å². The fourth-order valence-electron chi connectivity index (χ4n) is 7.63. The van der Waals surface area contributed by atoms with Crippen LogP contribution in [-0.2, 0) is 13.1 Å². The van der Waals surface area contributed by atoms with Gasteiger partial charge in [0.05, 0.1) is 35.2 Å². The van der Waals surface area contributed by atoms with Gasteiger partial charge in [0.2, 0.25) is 0 Å². The van der Waals surface area contributed by atoms with Crippen molar-refractivity contribution in [1.82, 2.24) is 50.5 Å². The SMILES string of the molecule is Fc1ccc(-c2c[nH]c3ncnc(NCc4cccc(N5CCNCC5)n4)c23)c(F)c1.Fc1ccccc1-c1c[nH]c2ncnc(NCc3cccc(N4CCNCC4)n3)c12. The average molecular weight is 825 g/mol. The van der Waals surface area contributed by atoms with Gasteiger partial charge in [0.25, 0.3) is 0 Å². The van der Waals surface area contributed by atoms with E-state index in [4.69, 9.17) is 9.97 Å². The lowest BCUT2D eigenvalue weighted by Gasteiger charge is -2.28. The molecule has 0 atom stereocenters. The summed E-state index contributed by atoms with van der Waals surface area (Å²) in [6.07, 6.45) is 6.36. The standard InChI is InChI=1S/C22H21F2N7.C22H22FN7/c23-14-4-5-16(18(24)10-14)17-12-27-22-20(17)21(28-13-29-22)26-11-15-2-1-3-19(30-15)31-8-6-25-7-9-31;23-18-6-2-1-5-16(18)17-13-26-22-20(17)21(27-14-28-22)25-12-15-4-3-7-19(29-15)30-10-8-24-9-11-30/h1-5,10,12-13,25H,6-9,11H2,(H2,26,27,28,29);1-7,13-14,24H,8-12H2,(H2,25,26,27,28). The smallest absolute Gasteiger partial charge is 0.143 e. The molecule has 2 aliphatic heterocycles. The minimum absolute atomic E-state index is 0.279. The lowest BCUT2D eigenvalue weighted by atomic mass is 10.1. The maximum atomic E-state index is 14.4. The Labute approximate surface area is 349 Å². The second kappa shape index (κ2) is 18.0. The summed E-state index contributed by atoms with van der Waals surface area (Å²) >= 11 is 0. The van der Waals surface area contributed by atoms with Gasteiger partial charge in [-0.15, -0.1) is 0 Å². The Kier molecular flexibility index (Phi) is 11.6. The number of hydrogen-bond donors (Lipinski definition) is 6. The largest absolute Gasteiger partial charge is 0.364 e. The lowest BCUT2D eigenvalue weighted by Crippen LogP contribution is -2.43. The molecule has 17 heteroatoms. The van der Waals surface area contributed by atoms with Crippen LogP contribution < -0.4 is 31.1 Å². The van der Waals surface area contributed by atoms with Crippen molar-refractivity contribution >= 4 is 45.3 Å². The minimum atomic E-state index is -0.638. The molecule has 6 N–H and O–H groups in total. The molecule has 0 bridgehead atoms. The monoisotopic (exact) mass is 824 g/mol. The molecule has 2 aromatic carbocycles. The highest BCUT2D eigenvalue weighted by molar-refractivity contribution is 6.01. The van der Waals surface area contributed by atoms with Crippen LogP contribution in [0.5, 0.6) is 0 Å². The second-order valence-electron chi connectivity index (χ2n) is 14.6. The van der Waals surface area contributed by atoms with Gasteiger partial charge in [-0.05, 0) is 42.5 Å². The number of benzene rings is 2. The van der Waals surface area contributed by atoms with E-state index in [2.05, 4.69) is 61.0 Å². The van der Waals surface area contributed by atoms with E-state index in [9.17, 15) is 13.2 Å². The van der Waals surface area contributed by atoms with Crippen LogP contribution in [0.1, 0.15) is 11.4 Å². The van der Waals surface area contributed by atoms with Gasteiger partial charge in [-0.2, -0.15) is 0 Å². The molecule has 0 unspecified atom stereocenters. The molecular weight excluding hydrogens is 782 g/mol.